The molecular formula is C19H28N2O2S. The van der Waals surface area contributed by atoms with E-state index in [9.17, 15) is 9.00 Å². The zero-order valence-corrected chi connectivity index (χ0v) is 15.3. The third-order valence-electron chi connectivity index (χ3n) is 5.01. The fraction of sp³-hybridized carbons (Fsp3) is 0.632. The Morgan fingerprint density at radius 2 is 1.96 bits per heavy atom. The summed E-state index contributed by atoms with van der Waals surface area (Å²) < 4.78 is 12.5. The third-order valence-corrected chi connectivity index (χ3v) is 6.84. The summed E-state index contributed by atoms with van der Waals surface area (Å²) >= 11 is 0. The summed E-state index contributed by atoms with van der Waals surface area (Å²) in [7, 11) is 1.19. The molecule has 24 heavy (non-hydrogen) atoms. The second-order valence-corrected chi connectivity index (χ2v) is 8.90. The molecule has 2 aliphatic rings. The average molecular weight is 349 g/mol. The second-order valence-electron chi connectivity index (χ2n) is 7.18. The molecule has 1 aromatic rings. The van der Waals surface area contributed by atoms with Crippen LogP contribution in [0.25, 0.3) is 0 Å². The summed E-state index contributed by atoms with van der Waals surface area (Å²) in [5, 5.41) is 3.32. The Labute approximate surface area is 147 Å². The summed E-state index contributed by atoms with van der Waals surface area (Å²) in [5.74, 6) is 0.617. The molecule has 1 aromatic carbocycles. The van der Waals surface area contributed by atoms with Crippen LogP contribution in [0.15, 0.2) is 24.3 Å². The van der Waals surface area contributed by atoms with E-state index in [0.717, 1.165) is 24.1 Å². The minimum absolute atomic E-state index is 0.0231. The minimum atomic E-state index is -0.806. The Morgan fingerprint density at radius 1 is 1.21 bits per heavy atom. The van der Waals surface area contributed by atoms with Gasteiger partial charge in [0.25, 0.3) is 0 Å². The molecule has 4 nitrogen and oxygen atoms in total. The van der Waals surface area contributed by atoms with Crippen LogP contribution in [0.5, 0.6) is 0 Å². The Hall–Kier alpha value is -1.20. The van der Waals surface area contributed by atoms with Crippen LogP contribution in [0, 0.1) is 0 Å². The van der Waals surface area contributed by atoms with Crippen LogP contribution >= 0.6 is 0 Å². The maximum atomic E-state index is 12.5. The van der Waals surface area contributed by atoms with Gasteiger partial charge < -0.3 is 5.32 Å². The first-order valence-corrected chi connectivity index (χ1v) is 10.5. The first-order chi connectivity index (χ1) is 11.6. The van der Waals surface area contributed by atoms with Crippen molar-refractivity contribution in [3.8, 4) is 0 Å². The van der Waals surface area contributed by atoms with Gasteiger partial charge in [-0.2, -0.15) is 0 Å². The van der Waals surface area contributed by atoms with Gasteiger partial charge in [0.2, 0.25) is 5.91 Å². The second kappa shape index (κ2) is 8.26. The lowest BCUT2D eigenvalue weighted by Crippen LogP contribution is -2.31. The van der Waals surface area contributed by atoms with Gasteiger partial charge in [0.15, 0.2) is 0 Å². The van der Waals surface area contributed by atoms with Crippen molar-refractivity contribution >= 4 is 22.4 Å². The van der Waals surface area contributed by atoms with Gasteiger partial charge >= 0.3 is 0 Å². The molecule has 0 aromatic heterocycles. The first kappa shape index (κ1) is 17.6. The molecule has 132 valence electrons. The summed E-state index contributed by atoms with van der Waals surface area (Å²) in [5.41, 5.74) is 1.86. The van der Waals surface area contributed by atoms with E-state index >= 15 is 0 Å². The maximum Gasteiger partial charge on any atom is 0.238 e. The molecule has 1 N–H and O–H groups in total. The summed E-state index contributed by atoms with van der Waals surface area (Å²) in [6, 6.07) is 8.40. The smallest absolute Gasteiger partial charge is 0.238 e. The lowest BCUT2D eigenvalue weighted by atomic mass is 10.0. The molecule has 2 saturated carbocycles. The van der Waals surface area contributed by atoms with Crippen LogP contribution in [0.3, 0.4) is 0 Å². The van der Waals surface area contributed by atoms with Gasteiger partial charge in [-0.1, -0.05) is 31.4 Å². The van der Waals surface area contributed by atoms with E-state index in [1.165, 1.54) is 32.1 Å². The summed E-state index contributed by atoms with van der Waals surface area (Å²) in [6.45, 7) is 0.433. The number of rotatable bonds is 7. The van der Waals surface area contributed by atoms with Crippen molar-refractivity contribution in [1.29, 1.82) is 0 Å². The van der Waals surface area contributed by atoms with Gasteiger partial charge in [-0.25, -0.2) is 0 Å². The third kappa shape index (κ3) is 5.15. The maximum absolute atomic E-state index is 12.5. The van der Waals surface area contributed by atoms with Crippen LogP contribution in [0.1, 0.15) is 50.5 Å². The summed E-state index contributed by atoms with van der Waals surface area (Å²) in [4.78, 5) is 14.2. The number of likely N-dealkylation sites (N-methyl/N-ethyl adjacent to an activating group) is 1. The molecular weight excluding hydrogens is 320 g/mol. The quantitative estimate of drug-likeness (QED) is 0.822. The molecule has 3 rings (SSSR count). The molecule has 0 spiro atoms. The predicted octanol–water partition coefficient (Wildman–Crippen LogP) is 3.30. The van der Waals surface area contributed by atoms with Crippen LogP contribution < -0.4 is 5.32 Å². The topological polar surface area (TPSA) is 49.4 Å². The molecule has 2 aliphatic carbocycles. The van der Waals surface area contributed by atoms with Gasteiger partial charge in [-0.3, -0.25) is 13.9 Å². The number of carbonyl (C=O) groups is 1. The molecule has 1 atom stereocenters. The zero-order chi connectivity index (χ0) is 16.9. The highest BCUT2D eigenvalue weighted by atomic mass is 32.2. The van der Waals surface area contributed by atoms with E-state index in [4.69, 9.17) is 0 Å². The zero-order valence-electron chi connectivity index (χ0n) is 14.5. The molecule has 0 unspecified atom stereocenters. The van der Waals surface area contributed by atoms with E-state index in [1.54, 1.807) is 0 Å². The number of anilines is 1. The molecule has 5 heteroatoms. The average Bonchev–Trinajstić information content (AvgIpc) is 3.41. The van der Waals surface area contributed by atoms with E-state index in [1.807, 2.05) is 31.3 Å². The van der Waals surface area contributed by atoms with Gasteiger partial charge in [0.1, 0.15) is 0 Å². The van der Waals surface area contributed by atoms with Crippen LogP contribution in [-0.2, 0) is 21.3 Å². The van der Waals surface area contributed by atoms with Crippen molar-refractivity contribution in [2.45, 2.75) is 62.0 Å². The van der Waals surface area contributed by atoms with Crippen LogP contribution in [0.2, 0.25) is 0 Å². The van der Waals surface area contributed by atoms with Crippen molar-refractivity contribution < 1.29 is 9.00 Å². The highest BCUT2D eigenvalue weighted by Gasteiger charge is 2.27. The van der Waals surface area contributed by atoms with Crippen molar-refractivity contribution in [3.63, 3.8) is 0 Å². The van der Waals surface area contributed by atoms with E-state index < -0.39 is 10.8 Å². The van der Waals surface area contributed by atoms with Gasteiger partial charge in [0.05, 0.1) is 6.54 Å². The molecule has 0 heterocycles. The largest absolute Gasteiger partial charge is 0.325 e. The Bertz CT molecular complexity index is 595. The van der Waals surface area contributed by atoms with Gasteiger partial charge in [0, 0.05) is 33.5 Å². The molecule has 0 bridgehead atoms. The highest BCUT2D eigenvalue weighted by molar-refractivity contribution is 7.84. The van der Waals surface area contributed by atoms with E-state index in [0.29, 0.717) is 23.6 Å². The lowest BCUT2D eigenvalue weighted by Gasteiger charge is -2.21. The van der Waals surface area contributed by atoms with Crippen molar-refractivity contribution in [3.05, 3.63) is 29.8 Å². The predicted molar refractivity (Wildman–Crippen MR) is 99.4 cm³/mol. The number of nitrogens with one attached hydrogen (secondary N) is 1. The molecule has 0 radical (unpaired) electrons. The number of hydrogen-bond donors (Lipinski definition) is 1. The van der Waals surface area contributed by atoms with Gasteiger partial charge in [-0.15, -0.1) is 0 Å². The van der Waals surface area contributed by atoms with Crippen LogP contribution in [0.4, 0.5) is 5.69 Å². The Kier molecular flexibility index (Phi) is 6.06. The minimum Gasteiger partial charge on any atom is -0.325 e. The number of amides is 1. The fourth-order valence-electron chi connectivity index (χ4n) is 3.42. The first-order valence-electron chi connectivity index (χ1n) is 9.08. The SMILES string of the molecule is CN(CC(=O)Nc1cccc(C[S@](=O)C2CCCCC2)c1)C1CC1. The molecule has 0 aliphatic heterocycles. The highest BCUT2D eigenvalue weighted by Crippen LogP contribution is 2.25. The fourth-order valence-corrected chi connectivity index (χ4v) is 5.02. The molecule has 1 amide bonds. The number of carbonyl (C=O) groups excluding carboxylic acids is 1. The molecule has 0 saturated heterocycles. The number of benzene rings is 1. The van der Waals surface area contributed by atoms with E-state index in [-0.39, 0.29) is 5.91 Å². The molecule has 2 fully saturated rings. The normalized spacial score (nSPS) is 20.1. The lowest BCUT2D eigenvalue weighted by molar-refractivity contribution is -0.117. The summed E-state index contributed by atoms with van der Waals surface area (Å²) in [6.07, 6.45) is 8.29. The number of nitrogens with zero attached hydrogens (tertiary/aromatic N) is 1. The Morgan fingerprint density at radius 3 is 2.67 bits per heavy atom. The monoisotopic (exact) mass is 348 g/mol. The van der Waals surface area contributed by atoms with Gasteiger partial charge in [-0.05, 0) is 50.4 Å². The van der Waals surface area contributed by atoms with Crippen molar-refractivity contribution in [2.75, 3.05) is 18.9 Å². The standard InChI is InChI=1S/C19H28N2O2S/c1-21(17-10-11-17)13-19(22)20-16-7-5-6-15(12-16)14-24(23)18-8-3-2-4-9-18/h5-7,12,17-18H,2-4,8-11,13-14H2,1H3,(H,20,22)/t24-/m0/s1. The van der Waals surface area contributed by atoms with Crippen molar-refractivity contribution in [1.82, 2.24) is 4.90 Å². The van der Waals surface area contributed by atoms with E-state index in [2.05, 4.69) is 10.2 Å². The number of hydrogen-bond acceptors (Lipinski definition) is 3. The van der Waals surface area contributed by atoms with Crippen molar-refractivity contribution in [2.24, 2.45) is 0 Å². The Balaban J connectivity index is 1.53. The van der Waals surface area contributed by atoms with Crippen LogP contribution in [-0.4, -0.2) is 39.9 Å².